The van der Waals surface area contributed by atoms with E-state index < -0.39 is 0 Å². The molecule has 0 N–H and O–H groups in total. The van der Waals surface area contributed by atoms with Crippen LogP contribution in [0.4, 0.5) is 11.4 Å². The quantitative estimate of drug-likeness (QED) is 0.212. The van der Waals surface area contributed by atoms with Crippen LogP contribution in [-0.4, -0.2) is 60.2 Å². The van der Waals surface area contributed by atoms with Crippen molar-refractivity contribution in [2.75, 3.05) is 38.0 Å². The van der Waals surface area contributed by atoms with Crippen LogP contribution in [-0.2, 0) is 35.3 Å². The van der Waals surface area contributed by atoms with Gasteiger partial charge in [0.25, 0.3) is 0 Å². The third kappa shape index (κ3) is 8.34. The third-order valence-electron chi connectivity index (χ3n) is 8.46. The maximum absolute atomic E-state index is 12.7. The van der Waals surface area contributed by atoms with Crippen LogP contribution in [0, 0.1) is 0 Å². The van der Waals surface area contributed by atoms with Gasteiger partial charge in [-0.1, -0.05) is 30.7 Å². The van der Waals surface area contributed by atoms with Crippen molar-refractivity contribution in [1.29, 1.82) is 0 Å². The first-order valence-electron chi connectivity index (χ1n) is 15.4. The Morgan fingerprint density at radius 1 is 0.568 bits per heavy atom. The smallest absolute Gasteiger partial charge is 0.143 e. The molecule has 0 saturated heterocycles. The second-order valence-corrected chi connectivity index (χ2v) is 12.4. The Labute approximate surface area is 260 Å². The first-order chi connectivity index (χ1) is 21.2. The zero-order valence-electron chi connectivity index (χ0n) is 26.2. The number of benzene rings is 2. The van der Waals surface area contributed by atoms with Crippen molar-refractivity contribution in [3.63, 3.8) is 0 Å². The second kappa shape index (κ2) is 14.3. The van der Waals surface area contributed by atoms with Crippen LogP contribution in [0.1, 0.15) is 71.4 Å². The van der Waals surface area contributed by atoms with Crippen molar-refractivity contribution in [3.05, 3.63) is 107 Å². The van der Waals surface area contributed by atoms with Gasteiger partial charge in [0.05, 0.1) is 35.6 Å². The highest BCUT2D eigenvalue weighted by atomic mass is 16.1. The molecule has 1 saturated carbocycles. The highest BCUT2D eigenvalue weighted by Crippen LogP contribution is 2.39. The van der Waals surface area contributed by atoms with Crippen LogP contribution in [0.25, 0.3) is 0 Å². The lowest BCUT2D eigenvalue weighted by Gasteiger charge is -2.28. The minimum Gasteiger partial charge on any atom is -0.378 e. The third-order valence-corrected chi connectivity index (χ3v) is 8.46. The van der Waals surface area contributed by atoms with Gasteiger partial charge in [-0.05, 0) is 78.9 Å². The first-order valence-corrected chi connectivity index (χ1v) is 15.4. The summed E-state index contributed by atoms with van der Waals surface area (Å²) >= 11 is 0. The maximum Gasteiger partial charge on any atom is 0.143 e. The molecule has 2 atom stereocenters. The number of carbonyl (C=O) groups is 2. The molecule has 2 heterocycles. The largest absolute Gasteiger partial charge is 0.378 e. The lowest BCUT2D eigenvalue weighted by Crippen LogP contribution is -2.17. The highest BCUT2D eigenvalue weighted by Gasteiger charge is 2.27. The number of nitrogens with zero attached hydrogens (tertiary/aromatic N) is 6. The molecule has 1 fully saturated rings. The molecule has 4 aromatic rings. The number of Topliss-reactive ketones (excluding diaryl/α,β-unsaturated/α-hetero) is 2. The van der Waals surface area contributed by atoms with Gasteiger partial charge in [-0.25, -0.2) is 0 Å². The monoisotopic (exact) mass is 590 g/mol. The summed E-state index contributed by atoms with van der Waals surface area (Å²) < 4.78 is 0. The zero-order valence-corrected chi connectivity index (χ0v) is 26.2. The van der Waals surface area contributed by atoms with Crippen molar-refractivity contribution >= 4 is 22.9 Å². The molecule has 44 heavy (non-hydrogen) atoms. The molecule has 2 aromatic heterocycles. The number of rotatable bonds is 12. The Bertz CT molecular complexity index is 1420. The van der Waals surface area contributed by atoms with Crippen molar-refractivity contribution in [2.45, 2.75) is 63.2 Å². The van der Waals surface area contributed by atoms with Gasteiger partial charge in [0.1, 0.15) is 11.6 Å². The number of hydrogen-bond acceptors (Lipinski definition) is 8. The highest BCUT2D eigenvalue weighted by molar-refractivity contribution is 5.83. The summed E-state index contributed by atoms with van der Waals surface area (Å²) in [7, 11) is 8.00. The van der Waals surface area contributed by atoms with Crippen molar-refractivity contribution in [3.8, 4) is 0 Å². The molecular weight excluding hydrogens is 548 g/mol. The molecule has 0 amide bonds. The summed E-state index contributed by atoms with van der Waals surface area (Å²) in [4.78, 5) is 29.4. The lowest BCUT2D eigenvalue weighted by molar-refractivity contribution is -0.118. The van der Waals surface area contributed by atoms with Crippen molar-refractivity contribution in [1.82, 2.24) is 20.4 Å². The number of carbonyl (C=O) groups excluding carboxylic acids is 2. The van der Waals surface area contributed by atoms with Crippen LogP contribution in [0.5, 0.6) is 0 Å². The Morgan fingerprint density at radius 2 is 0.977 bits per heavy atom. The van der Waals surface area contributed by atoms with Gasteiger partial charge < -0.3 is 9.80 Å². The van der Waals surface area contributed by atoms with E-state index in [-0.39, 0.29) is 24.4 Å². The fourth-order valence-electron chi connectivity index (χ4n) is 5.90. The van der Waals surface area contributed by atoms with Crippen LogP contribution in [0.15, 0.2) is 72.8 Å². The number of hydrogen-bond donors (Lipinski definition) is 0. The van der Waals surface area contributed by atoms with Gasteiger partial charge in [-0.2, -0.15) is 20.4 Å². The molecule has 8 heteroatoms. The molecule has 0 unspecified atom stereocenters. The molecule has 2 aromatic carbocycles. The van der Waals surface area contributed by atoms with E-state index in [0.29, 0.717) is 36.1 Å². The van der Waals surface area contributed by atoms with Crippen LogP contribution in [0.2, 0.25) is 0 Å². The minimum absolute atomic E-state index is 0.129. The molecule has 8 nitrogen and oxygen atoms in total. The van der Waals surface area contributed by atoms with Gasteiger partial charge >= 0.3 is 0 Å². The van der Waals surface area contributed by atoms with Gasteiger partial charge in [0.15, 0.2) is 0 Å². The number of ketones is 2. The summed E-state index contributed by atoms with van der Waals surface area (Å²) in [5.41, 5.74) is 7.59. The number of anilines is 2. The Morgan fingerprint density at radius 3 is 1.32 bits per heavy atom. The fourth-order valence-corrected chi connectivity index (χ4v) is 5.90. The standard InChI is InChI=1S/C36H42N6O2/c1-41(2)31-14-8-25(9-15-31)20-33(43)23-29-12-18-35(39-37-29)27-6-5-7-28(22-27)36-19-13-30(38-40-36)24-34(44)21-26-10-16-32(17-11-26)42(3)4/h8-19,27-28H,5-7,20-24H2,1-4H3/t27-,28-/m1/s1. The average molecular weight is 591 g/mol. The lowest BCUT2D eigenvalue weighted by atomic mass is 9.78. The molecular formula is C36H42N6O2. The van der Waals surface area contributed by atoms with E-state index in [1.54, 1.807) is 0 Å². The van der Waals surface area contributed by atoms with Gasteiger partial charge in [-0.3, -0.25) is 9.59 Å². The Balaban J connectivity index is 1.11. The van der Waals surface area contributed by atoms with E-state index in [2.05, 4.69) is 20.4 Å². The zero-order chi connectivity index (χ0) is 31.1. The van der Waals surface area contributed by atoms with Gasteiger partial charge in [0.2, 0.25) is 0 Å². The summed E-state index contributed by atoms with van der Waals surface area (Å²) in [5, 5.41) is 17.9. The maximum atomic E-state index is 12.7. The molecule has 1 aliphatic carbocycles. The second-order valence-electron chi connectivity index (χ2n) is 12.4. The number of aromatic nitrogens is 4. The van der Waals surface area contributed by atoms with Crippen LogP contribution >= 0.6 is 0 Å². The fraction of sp³-hybridized carbons (Fsp3) is 0.389. The molecule has 1 aliphatic rings. The van der Waals surface area contributed by atoms with Crippen molar-refractivity contribution < 1.29 is 9.59 Å². The minimum atomic E-state index is 0.129. The normalized spacial score (nSPS) is 16.4. The van der Waals surface area contributed by atoms with E-state index in [1.807, 2.05) is 111 Å². The van der Waals surface area contributed by atoms with E-state index >= 15 is 0 Å². The first kappa shape index (κ1) is 31.0. The summed E-state index contributed by atoms with van der Waals surface area (Å²) in [5.74, 6) is 0.848. The molecule has 0 spiro atoms. The summed E-state index contributed by atoms with van der Waals surface area (Å²) in [6.45, 7) is 0. The topological polar surface area (TPSA) is 92.2 Å². The van der Waals surface area contributed by atoms with E-state index in [0.717, 1.165) is 59.6 Å². The predicted molar refractivity (Wildman–Crippen MR) is 174 cm³/mol. The molecule has 0 aliphatic heterocycles. The molecule has 228 valence electrons. The van der Waals surface area contributed by atoms with Crippen LogP contribution in [0.3, 0.4) is 0 Å². The average Bonchev–Trinajstić information content (AvgIpc) is 3.02. The van der Waals surface area contributed by atoms with E-state index in [4.69, 9.17) is 0 Å². The Kier molecular flexibility index (Phi) is 10.1. The molecule has 0 bridgehead atoms. The van der Waals surface area contributed by atoms with E-state index in [1.165, 1.54) is 0 Å². The van der Waals surface area contributed by atoms with E-state index in [9.17, 15) is 9.59 Å². The predicted octanol–water partition coefficient (Wildman–Crippen LogP) is 5.55. The van der Waals surface area contributed by atoms with Gasteiger partial charge in [0, 0.05) is 64.2 Å². The van der Waals surface area contributed by atoms with Crippen LogP contribution < -0.4 is 9.80 Å². The molecule has 0 radical (unpaired) electrons. The summed E-state index contributed by atoms with van der Waals surface area (Å²) in [6.07, 6.45) is 5.47. The van der Waals surface area contributed by atoms with Gasteiger partial charge in [-0.15, -0.1) is 0 Å². The molecule has 5 rings (SSSR count). The SMILES string of the molecule is CN(C)c1ccc(CC(=O)Cc2ccc([C@@H]3CCC[C@@H](c4ccc(CC(=O)Cc5ccc(N(C)C)cc5)nn4)C3)nn2)cc1. The van der Waals surface area contributed by atoms with Crippen molar-refractivity contribution in [2.24, 2.45) is 0 Å². The Hall–Kier alpha value is -4.46. The summed E-state index contributed by atoms with van der Waals surface area (Å²) in [6, 6.07) is 24.1.